The lowest BCUT2D eigenvalue weighted by Crippen LogP contribution is -1.97. The van der Waals surface area contributed by atoms with Crippen molar-refractivity contribution in [2.45, 2.75) is 6.61 Å². The molecule has 82 valence electrons. The first-order valence-electron chi connectivity index (χ1n) is 4.93. The normalized spacial score (nSPS) is 10.1. The van der Waals surface area contributed by atoms with Gasteiger partial charge >= 0.3 is 0 Å². The molecule has 2 aromatic rings. The van der Waals surface area contributed by atoms with E-state index in [1.165, 1.54) is 0 Å². The van der Waals surface area contributed by atoms with Gasteiger partial charge in [0, 0.05) is 5.02 Å². The smallest absolute Gasteiger partial charge is 0.165 e. The summed E-state index contributed by atoms with van der Waals surface area (Å²) in [4.78, 5) is 10.2. The van der Waals surface area contributed by atoms with E-state index in [0.717, 1.165) is 5.56 Å². The standard InChI is InChI=1S/C13H11ClO2/c14-12-6-8-13(9-7-12)16-15-10-11-4-2-1-3-5-11/h1-9H,10H2. The second-order valence-electron chi connectivity index (χ2n) is 3.29. The van der Waals surface area contributed by atoms with Crippen molar-refractivity contribution in [1.82, 2.24) is 0 Å². The molecular formula is C13H11ClO2. The fraction of sp³-hybridized carbons (Fsp3) is 0.0769. The lowest BCUT2D eigenvalue weighted by molar-refractivity contribution is -0.217. The monoisotopic (exact) mass is 234 g/mol. The molecule has 0 aliphatic rings. The predicted molar refractivity (Wildman–Crippen MR) is 63.3 cm³/mol. The van der Waals surface area contributed by atoms with Gasteiger partial charge in [0.1, 0.15) is 6.61 Å². The quantitative estimate of drug-likeness (QED) is 0.591. The van der Waals surface area contributed by atoms with Crippen LogP contribution < -0.4 is 4.89 Å². The van der Waals surface area contributed by atoms with E-state index in [9.17, 15) is 0 Å². The number of halogens is 1. The third kappa shape index (κ3) is 3.26. The van der Waals surface area contributed by atoms with Crippen molar-refractivity contribution in [2.24, 2.45) is 0 Å². The molecule has 0 aliphatic heterocycles. The van der Waals surface area contributed by atoms with E-state index >= 15 is 0 Å². The molecule has 0 saturated heterocycles. The van der Waals surface area contributed by atoms with Gasteiger partial charge in [-0.3, -0.25) is 0 Å². The SMILES string of the molecule is Clc1ccc(OOCc2ccccc2)cc1. The molecule has 0 aromatic heterocycles. The van der Waals surface area contributed by atoms with Crippen LogP contribution in [0.1, 0.15) is 5.56 Å². The van der Waals surface area contributed by atoms with Gasteiger partial charge in [-0.25, -0.2) is 0 Å². The minimum absolute atomic E-state index is 0.420. The summed E-state index contributed by atoms with van der Waals surface area (Å²) in [6, 6.07) is 16.9. The molecule has 0 radical (unpaired) electrons. The van der Waals surface area contributed by atoms with E-state index < -0.39 is 0 Å². The topological polar surface area (TPSA) is 18.5 Å². The molecular weight excluding hydrogens is 224 g/mol. The molecule has 16 heavy (non-hydrogen) atoms. The highest BCUT2D eigenvalue weighted by atomic mass is 35.5. The van der Waals surface area contributed by atoms with E-state index in [2.05, 4.69) is 0 Å². The van der Waals surface area contributed by atoms with Gasteiger partial charge in [-0.15, -0.1) is 0 Å². The fourth-order valence-electron chi connectivity index (χ4n) is 1.23. The second-order valence-corrected chi connectivity index (χ2v) is 3.72. The maximum absolute atomic E-state index is 5.75. The molecule has 2 rings (SSSR count). The van der Waals surface area contributed by atoms with Gasteiger partial charge in [-0.1, -0.05) is 41.9 Å². The zero-order valence-electron chi connectivity index (χ0n) is 8.60. The lowest BCUT2D eigenvalue weighted by Gasteiger charge is -2.04. The molecule has 0 saturated carbocycles. The Balaban J connectivity index is 1.82. The van der Waals surface area contributed by atoms with Crippen LogP contribution in [0.3, 0.4) is 0 Å². The number of hydrogen-bond acceptors (Lipinski definition) is 2. The van der Waals surface area contributed by atoms with Crippen molar-refractivity contribution in [3.05, 3.63) is 65.2 Å². The van der Waals surface area contributed by atoms with Crippen molar-refractivity contribution in [3.63, 3.8) is 0 Å². The molecule has 0 N–H and O–H groups in total. The largest absolute Gasteiger partial charge is 0.337 e. The third-order valence-corrected chi connectivity index (χ3v) is 2.29. The van der Waals surface area contributed by atoms with Gasteiger partial charge in [0.05, 0.1) is 0 Å². The molecule has 0 fully saturated rings. The van der Waals surface area contributed by atoms with Gasteiger partial charge in [0.15, 0.2) is 5.75 Å². The summed E-state index contributed by atoms with van der Waals surface area (Å²) in [6.07, 6.45) is 0. The van der Waals surface area contributed by atoms with Gasteiger partial charge < -0.3 is 4.89 Å². The number of rotatable bonds is 4. The summed E-state index contributed by atoms with van der Waals surface area (Å²) in [5.74, 6) is 0.639. The van der Waals surface area contributed by atoms with Gasteiger partial charge in [0.25, 0.3) is 0 Å². The van der Waals surface area contributed by atoms with Gasteiger partial charge in [-0.2, -0.15) is 4.89 Å². The van der Waals surface area contributed by atoms with Crippen molar-refractivity contribution in [3.8, 4) is 5.75 Å². The van der Waals surface area contributed by atoms with Crippen LogP contribution in [0.15, 0.2) is 54.6 Å². The summed E-state index contributed by atoms with van der Waals surface area (Å²) < 4.78 is 0. The van der Waals surface area contributed by atoms with Crippen LogP contribution in [0.2, 0.25) is 5.02 Å². The highest BCUT2D eigenvalue weighted by Crippen LogP contribution is 2.16. The van der Waals surface area contributed by atoms with Crippen LogP contribution in [0.5, 0.6) is 5.75 Å². The Hall–Kier alpha value is -1.51. The van der Waals surface area contributed by atoms with Crippen molar-refractivity contribution >= 4 is 11.6 Å². The van der Waals surface area contributed by atoms with Crippen LogP contribution in [-0.2, 0) is 11.5 Å². The Morgan fingerprint density at radius 2 is 1.56 bits per heavy atom. The summed E-state index contributed by atoms with van der Waals surface area (Å²) in [7, 11) is 0. The Morgan fingerprint density at radius 3 is 2.25 bits per heavy atom. The molecule has 0 unspecified atom stereocenters. The van der Waals surface area contributed by atoms with Gasteiger partial charge in [0.2, 0.25) is 0 Å². The van der Waals surface area contributed by atoms with Crippen LogP contribution in [0, 0.1) is 0 Å². The molecule has 0 heterocycles. The van der Waals surface area contributed by atoms with Crippen LogP contribution in [0.4, 0.5) is 0 Å². The third-order valence-electron chi connectivity index (χ3n) is 2.04. The molecule has 3 heteroatoms. The van der Waals surface area contributed by atoms with E-state index in [-0.39, 0.29) is 0 Å². The van der Waals surface area contributed by atoms with E-state index in [4.69, 9.17) is 21.4 Å². The molecule has 0 spiro atoms. The maximum Gasteiger partial charge on any atom is 0.165 e. The first kappa shape index (κ1) is 11.0. The minimum atomic E-state index is 0.420. The lowest BCUT2D eigenvalue weighted by atomic mass is 10.2. The predicted octanol–water partition coefficient (Wildman–Crippen LogP) is 3.85. The van der Waals surface area contributed by atoms with E-state index in [1.807, 2.05) is 30.3 Å². The molecule has 2 aromatic carbocycles. The molecule has 0 amide bonds. The Bertz CT molecular complexity index is 425. The summed E-state index contributed by atoms with van der Waals surface area (Å²) in [5, 5.41) is 0.676. The van der Waals surface area contributed by atoms with Crippen molar-refractivity contribution < 1.29 is 9.78 Å². The highest BCUT2D eigenvalue weighted by Gasteiger charge is 1.96. The maximum atomic E-state index is 5.75. The van der Waals surface area contributed by atoms with Crippen LogP contribution in [-0.4, -0.2) is 0 Å². The summed E-state index contributed by atoms with van der Waals surface area (Å²) in [6.45, 7) is 0.420. The van der Waals surface area contributed by atoms with Crippen molar-refractivity contribution in [2.75, 3.05) is 0 Å². The first-order valence-corrected chi connectivity index (χ1v) is 5.31. The van der Waals surface area contributed by atoms with Crippen LogP contribution in [0.25, 0.3) is 0 Å². The number of hydrogen-bond donors (Lipinski definition) is 0. The molecule has 0 bridgehead atoms. The zero-order chi connectivity index (χ0) is 11.2. The molecule has 2 nitrogen and oxygen atoms in total. The van der Waals surface area contributed by atoms with E-state index in [0.29, 0.717) is 17.4 Å². The zero-order valence-corrected chi connectivity index (χ0v) is 9.35. The van der Waals surface area contributed by atoms with Crippen LogP contribution >= 0.6 is 11.6 Å². The fourth-order valence-corrected chi connectivity index (χ4v) is 1.36. The van der Waals surface area contributed by atoms with E-state index in [1.54, 1.807) is 24.3 Å². The average molecular weight is 235 g/mol. The minimum Gasteiger partial charge on any atom is -0.337 e. The molecule has 0 atom stereocenters. The Kier molecular flexibility index (Phi) is 3.81. The Morgan fingerprint density at radius 1 is 0.875 bits per heavy atom. The average Bonchev–Trinajstić information content (AvgIpc) is 2.33. The van der Waals surface area contributed by atoms with Gasteiger partial charge in [-0.05, 0) is 29.8 Å². The van der Waals surface area contributed by atoms with Crippen molar-refractivity contribution in [1.29, 1.82) is 0 Å². The second kappa shape index (κ2) is 5.54. The summed E-state index contributed by atoms with van der Waals surface area (Å²) >= 11 is 5.75. The first-order chi connectivity index (χ1) is 7.84. The highest BCUT2D eigenvalue weighted by molar-refractivity contribution is 6.30. The summed E-state index contributed by atoms with van der Waals surface area (Å²) in [5.41, 5.74) is 1.07. The number of benzene rings is 2. The molecule has 0 aliphatic carbocycles. The Labute approximate surface area is 99.3 Å².